The molecule has 1 saturated heterocycles. The van der Waals surface area contributed by atoms with Crippen LogP contribution in [0.5, 0.6) is 0 Å². The van der Waals surface area contributed by atoms with Gasteiger partial charge in [-0.1, -0.05) is 29.0 Å². The maximum absolute atomic E-state index is 13.3. The highest BCUT2D eigenvalue weighted by molar-refractivity contribution is 7.22. The van der Waals surface area contributed by atoms with Gasteiger partial charge < -0.3 is 10.2 Å². The zero-order chi connectivity index (χ0) is 17.6. The van der Waals surface area contributed by atoms with Crippen LogP contribution in [0.4, 0.5) is 15.2 Å². The highest BCUT2D eigenvalue weighted by atomic mass is 32.1. The number of aryl methyl sites for hydroxylation is 2. The SMILES string of the molecule is Cc1ccc(NC(=O)C2CN(c3nc4ccc(F)cc4s3)C2)c(C)c1. The van der Waals surface area contributed by atoms with Crippen molar-refractivity contribution in [3.8, 4) is 0 Å². The maximum Gasteiger partial charge on any atom is 0.231 e. The van der Waals surface area contributed by atoms with Gasteiger partial charge in [-0.2, -0.15) is 0 Å². The van der Waals surface area contributed by atoms with Crippen molar-refractivity contribution in [3.05, 3.63) is 53.3 Å². The first-order chi connectivity index (χ1) is 12.0. The second-order valence-electron chi connectivity index (χ2n) is 6.52. The lowest BCUT2D eigenvalue weighted by Gasteiger charge is -2.38. The topological polar surface area (TPSA) is 45.2 Å². The van der Waals surface area contributed by atoms with E-state index in [1.54, 1.807) is 6.07 Å². The van der Waals surface area contributed by atoms with E-state index in [1.165, 1.54) is 29.0 Å². The second-order valence-corrected chi connectivity index (χ2v) is 7.53. The molecule has 2 heterocycles. The Bertz CT molecular complexity index is 962. The van der Waals surface area contributed by atoms with E-state index < -0.39 is 0 Å². The molecular weight excluding hydrogens is 337 g/mol. The van der Waals surface area contributed by atoms with E-state index >= 15 is 0 Å². The average molecular weight is 355 g/mol. The van der Waals surface area contributed by atoms with Gasteiger partial charge in [-0.05, 0) is 43.7 Å². The van der Waals surface area contributed by atoms with Crippen LogP contribution in [0.25, 0.3) is 10.2 Å². The van der Waals surface area contributed by atoms with Gasteiger partial charge in [-0.3, -0.25) is 4.79 Å². The van der Waals surface area contributed by atoms with Crippen molar-refractivity contribution >= 4 is 38.3 Å². The number of hydrogen-bond acceptors (Lipinski definition) is 4. The van der Waals surface area contributed by atoms with Crippen molar-refractivity contribution in [2.24, 2.45) is 5.92 Å². The average Bonchev–Trinajstić information content (AvgIpc) is 2.91. The summed E-state index contributed by atoms with van der Waals surface area (Å²) < 4.78 is 14.1. The second kappa shape index (κ2) is 6.11. The summed E-state index contributed by atoms with van der Waals surface area (Å²) in [5, 5.41) is 3.86. The standard InChI is InChI=1S/C19H18FN3OS/c1-11-3-5-15(12(2)7-11)21-18(24)13-9-23(10-13)19-22-16-6-4-14(20)8-17(16)25-19/h3-8,13H,9-10H2,1-2H3,(H,21,24). The highest BCUT2D eigenvalue weighted by Crippen LogP contribution is 2.33. The Balaban J connectivity index is 1.41. The molecule has 4 rings (SSSR count). The van der Waals surface area contributed by atoms with Gasteiger partial charge >= 0.3 is 0 Å². The molecule has 6 heteroatoms. The van der Waals surface area contributed by atoms with Gasteiger partial charge in [-0.15, -0.1) is 0 Å². The van der Waals surface area contributed by atoms with Crippen LogP contribution in [0, 0.1) is 25.6 Å². The third-order valence-corrected chi connectivity index (χ3v) is 5.58. The molecule has 0 saturated carbocycles. The number of hydrogen-bond donors (Lipinski definition) is 1. The first kappa shape index (κ1) is 16.0. The van der Waals surface area contributed by atoms with E-state index in [0.717, 1.165) is 26.6 Å². The normalized spacial score (nSPS) is 14.6. The van der Waals surface area contributed by atoms with Crippen LogP contribution in [0.15, 0.2) is 36.4 Å². The van der Waals surface area contributed by atoms with Crippen molar-refractivity contribution in [3.63, 3.8) is 0 Å². The molecule has 0 unspecified atom stereocenters. The molecule has 1 aliphatic rings. The minimum atomic E-state index is -0.253. The van der Waals surface area contributed by atoms with Gasteiger partial charge in [0.15, 0.2) is 5.13 Å². The predicted molar refractivity (Wildman–Crippen MR) is 99.8 cm³/mol. The van der Waals surface area contributed by atoms with E-state index in [1.807, 2.05) is 26.0 Å². The number of benzene rings is 2. The van der Waals surface area contributed by atoms with E-state index in [4.69, 9.17) is 0 Å². The fourth-order valence-electron chi connectivity index (χ4n) is 3.01. The third-order valence-electron chi connectivity index (χ3n) is 4.50. The molecule has 25 heavy (non-hydrogen) atoms. The Kier molecular flexibility index (Phi) is 3.92. The van der Waals surface area contributed by atoms with Crippen LogP contribution in [0.2, 0.25) is 0 Å². The minimum Gasteiger partial charge on any atom is -0.346 e. The number of carbonyl (C=O) groups is 1. The fourth-order valence-corrected chi connectivity index (χ4v) is 4.02. The zero-order valence-electron chi connectivity index (χ0n) is 14.0. The molecule has 1 aliphatic heterocycles. The van der Waals surface area contributed by atoms with Crippen molar-refractivity contribution in [1.29, 1.82) is 0 Å². The number of anilines is 2. The quantitative estimate of drug-likeness (QED) is 0.768. The van der Waals surface area contributed by atoms with E-state index in [9.17, 15) is 9.18 Å². The summed E-state index contributed by atoms with van der Waals surface area (Å²) in [4.78, 5) is 19.0. The van der Waals surface area contributed by atoms with Crippen LogP contribution < -0.4 is 10.2 Å². The lowest BCUT2D eigenvalue weighted by Crippen LogP contribution is -2.52. The Hall–Kier alpha value is -2.47. The monoisotopic (exact) mass is 355 g/mol. The van der Waals surface area contributed by atoms with Crippen LogP contribution in [-0.4, -0.2) is 24.0 Å². The summed E-state index contributed by atoms with van der Waals surface area (Å²) in [6, 6.07) is 10.6. The van der Waals surface area contributed by atoms with Crippen LogP contribution in [0.1, 0.15) is 11.1 Å². The zero-order valence-corrected chi connectivity index (χ0v) is 14.9. The van der Waals surface area contributed by atoms with Gasteiger partial charge in [0.2, 0.25) is 5.91 Å². The summed E-state index contributed by atoms with van der Waals surface area (Å²) in [5.74, 6) is -0.267. The molecule has 0 atom stereocenters. The lowest BCUT2D eigenvalue weighted by molar-refractivity contribution is -0.120. The number of amides is 1. The van der Waals surface area contributed by atoms with E-state index in [0.29, 0.717) is 13.1 Å². The van der Waals surface area contributed by atoms with Crippen molar-refractivity contribution in [1.82, 2.24) is 4.98 Å². The number of thiazole rings is 1. The summed E-state index contributed by atoms with van der Waals surface area (Å²) in [7, 11) is 0. The fraction of sp³-hybridized carbons (Fsp3) is 0.263. The van der Waals surface area contributed by atoms with Crippen LogP contribution in [-0.2, 0) is 4.79 Å². The van der Waals surface area contributed by atoms with Gasteiger partial charge in [0.25, 0.3) is 0 Å². The number of halogens is 1. The molecule has 1 N–H and O–H groups in total. The van der Waals surface area contributed by atoms with Crippen molar-refractivity contribution in [2.75, 3.05) is 23.3 Å². The smallest absolute Gasteiger partial charge is 0.231 e. The summed E-state index contributed by atoms with van der Waals surface area (Å²) in [5.41, 5.74) is 3.91. The molecule has 4 nitrogen and oxygen atoms in total. The van der Waals surface area contributed by atoms with E-state index in [-0.39, 0.29) is 17.6 Å². The molecule has 0 radical (unpaired) electrons. The number of fused-ring (bicyclic) bond motifs is 1. The maximum atomic E-state index is 13.3. The number of carbonyl (C=O) groups excluding carboxylic acids is 1. The molecule has 1 aromatic heterocycles. The molecular formula is C19H18FN3OS. The third kappa shape index (κ3) is 3.09. The van der Waals surface area contributed by atoms with E-state index in [2.05, 4.69) is 21.3 Å². The molecule has 1 fully saturated rings. The molecule has 0 bridgehead atoms. The molecule has 0 aliphatic carbocycles. The Labute approximate surface area is 149 Å². The number of nitrogens with one attached hydrogen (secondary N) is 1. The predicted octanol–water partition coefficient (Wildman–Crippen LogP) is 4.13. The largest absolute Gasteiger partial charge is 0.346 e. The van der Waals surface area contributed by atoms with Crippen LogP contribution in [0.3, 0.4) is 0 Å². The van der Waals surface area contributed by atoms with Gasteiger partial charge in [0.05, 0.1) is 16.1 Å². The van der Waals surface area contributed by atoms with Crippen molar-refractivity contribution < 1.29 is 9.18 Å². The summed E-state index contributed by atoms with van der Waals surface area (Å²) >= 11 is 1.46. The first-order valence-corrected chi connectivity index (χ1v) is 9.00. The molecule has 128 valence electrons. The van der Waals surface area contributed by atoms with Gasteiger partial charge in [0.1, 0.15) is 5.82 Å². The Morgan fingerprint density at radius 1 is 1.24 bits per heavy atom. The van der Waals surface area contributed by atoms with Gasteiger partial charge in [0, 0.05) is 18.8 Å². The number of nitrogens with zero attached hydrogens (tertiary/aromatic N) is 2. The van der Waals surface area contributed by atoms with Gasteiger partial charge in [-0.25, -0.2) is 9.37 Å². The minimum absolute atomic E-state index is 0.0374. The van der Waals surface area contributed by atoms with Crippen molar-refractivity contribution in [2.45, 2.75) is 13.8 Å². The molecule has 0 spiro atoms. The molecule has 1 amide bonds. The molecule has 2 aromatic carbocycles. The first-order valence-electron chi connectivity index (χ1n) is 8.19. The van der Waals surface area contributed by atoms with Crippen LogP contribution >= 0.6 is 11.3 Å². The highest BCUT2D eigenvalue weighted by Gasteiger charge is 2.34. The number of rotatable bonds is 3. The Morgan fingerprint density at radius 2 is 2.04 bits per heavy atom. The summed E-state index contributed by atoms with van der Waals surface area (Å²) in [6.45, 7) is 5.31. The summed E-state index contributed by atoms with van der Waals surface area (Å²) in [6.07, 6.45) is 0. The number of aromatic nitrogens is 1. The molecule has 3 aromatic rings. The Morgan fingerprint density at radius 3 is 2.80 bits per heavy atom. The lowest BCUT2D eigenvalue weighted by atomic mass is 9.99.